The molecule has 1 aromatic heterocycles. The largest absolute Gasteiger partial charge is 0.303 e. The van der Waals surface area contributed by atoms with E-state index >= 15 is 0 Å². The summed E-state index contributed by atoms with van der Waals surface area (Å²) in [5, 5.41) is 5.04. The van der Waals surface area contributed by atoms with Gasteiger partial charge in [-0.15, -0.1) is 11.3 Å². The average Bonchev–Trinajstić information content (AvgIpc) is 3.01. The Morgan fingerprint density at radius 2 is 2.12 bits per heavy atom. The topological polar surface area (TPSA) is 24.9 Å². The molecule has 1 saturated carbocycles. The third-order valence-electron chi connectivity index (χ3n) is 3.65. The maximum absolute atomic E-state index is 4.87. The van der Waals surface area contributed by atoms with Crippen LogP contribution in [-0.4, -0.2) is 11.0 Å². The molecule has 0 radical (unpaired) electrons. The van der Waals surface area contributed by atoms with Crippen molar-refractivity contribution in [1.29, 1.82) is 0 Å². The summed E-state index contributed by atoms with van der Waals surface area (Å²) >= 11 is 1.88. The van der Waals surface area contributed by atoms with Crippen LogP contribution in [0.25, 0.3) is 0 Å². The molecule has 2 nitrogen and oxygen atoms in total. The number of aryl methyl sites for hydroxylation is 2. The Kier molecular flexibility index (Phi) is 3.60. The maximum atomic E-state index is 4.87. The zero-order valence-corrected chi connectivity index (χ0v) is 12.4. The second-order valence-electron chi connectivity index (χ2n) is 5.65. The van der Waals surface area contributed by atoms with Crippen LogP contribution in [-0.2, 0) is 12.0 Å². The summed E-state index contributed by atoms with van der Waals surface area (Å²) in [6, 6.07) is 0.509. The van der Waals surface area contributed by atoms with Crippen LogP contribution in [0.2, 0.25) is 0 Å². The Labute approximate surface area is 109 Å². The van der Waals surface area contributed by atoms with Gasteiger partial charge in [-0.05, 0) is 52.9 Å². The van der Waals surface area contributed by atoms with Crippen LogP contribution in [0.3, 0.4) is 0 Å². The number of hydrogen-bond acceptors (Lipinski definition) is 3. The van der Waals surface area contributed by atoms with E-state index in [1.54, 1.807) is 0 Å². The van der Waals surface area contributed by atoms with E-state index in [-0.39, 0.29) is 5.54 Å². The van der Waals surface area contributed by atoms with Crippen LogP contribution in [0.1, 0.15) is 56.1 Å². The minimum absolute atomic E-state index is 0.0943. The Balaban J connectivity index is 2.31. The van der Waals surface area contributed by atoms with Gasteiger partial charge in [-0.1, -0.05) is 6.92 Å². The van der Waals surface area contributed by atoms with Gasteiger partial charge < -0.3 is 5.32 Å². The third kappa shape index (κ3) is 2.55. The van der Waals surface area contributed by atoms with Crippen molar-refractivity contribution in [3.63, 3.8) is 0 Å². The monoisotopic (exact) mass is 252 g/mol. The fourth-order valence-corrected chi connectivity index (χ4v) is 3.78. The molecule has 0 bridgehead atoms. The van der Waals surface area contributed by atoms with Crippen molar-refractivity contribution in [1.82, 2.24) is 10.3 Å². The lowest BCUT2D eigenvalue weighted by atomic mass is 9.95. The van der Waals surface area contributed by atoms with E-state index in [2.05, 4.69) is 39.9 Å². The highest BCUT2D eigenvalue weighted by Gasteiger charge is 2.45. The molecule has 0 amide bonds. The van der Waals surface area contributed by atoms with Gasteiger partial charge >= 0.3 is 0 Å². The van der Waals surface area contributed by atoms with Crippen molar-refractivity contribution in [2.45, 2.75) is 65.5 Å². The molecule has 1 aliphatic rings. The number of rotatable bonds is 5. The van der Waals surface area contributed by atoms with Gasteiger partial charge in [0.25, 0.3) is 0 Å². The van der Waals surface area contributed by atoms with Gasteiger partial charge in [0.2, 0.25) is 0 Å². The van der Waals surface area contributed by atoms with Crippen LogP contribution in [0.15, 0.2) is 0 Å². The summed E-state index contributed by atoms with van der Waals surface area (Å²) in [5.74, 6) is 0.778. The SMILES string of the molecule is CCc1nc(C(C)(NC(C)C)C2CC2)sc1C. The lowest BCUT2D eigenvalue weighted by Gasteiger charge is -2.31. The second-order valence-corrected chi connectivity index (χ2v) is 6.85. The summed E-state index contributed by atoms with van der Waals surface area (Å²) in [5.41, 5.74) is 1.37. The molecular weight excluding hydrogens is 228 g/mol. The molecule has 96 valence electrons. The fraction of sp³-hybridized carbons (Fsp3) is 0.786. The smallest absolute Gasteiger partial charge is 0.113 e. The highest BCUT2D eigenvalue weighted by atomic mass is 32.1. The predicted molar refractivity (Wildman–Crippen MR) is 74.6 cm³/mol. The van der Waals surface area contributed by atoms with Crippen LogP contribution in [0.5, 0.6) is 0 Å². The molecule has 2 rings (SSSR count). The fourth-order valence-electron chi connectivity index (χ4n) is 2.59. The van der Waals surface area contributed by atoms with Crippen molar-refractivity contribution in [3.05, 3.63) is 15.6 Å². The molecule has 1 aromatic rings. The van der Waals surface area contributed by atoms with Crippen molar-refractivity contribution < 1.29 is 0 Å². The molecule has 0 aromatic carbocycles. The van der Waals surface area contributed by atoms with Crippen LogP contribution in [0.4, 0.5) is 0 Å². The first-order valence-corrected chi connectivity index (χ1v) is 7.53. The molecule has 1 N–H and O–H groups in total. The summed E-state index contributed by atoms with van der Waals surface area (Å²) in [6.45, 7) is 11.2. The molecule has 1 atom stereocenters. The first kappa shape index (κ1) is 13.0. The Morgan fingerprint density at radius 1 is 1.47 bits per heavy atom. The summed E-state index contributed by atoms with van der Waals surface area (Å²) in [6.07, 6.45) is 3.73. The summed E-state index contributed by atoms with van der Waals surface area (Å²) < 4.78 is 0. The van der Waals surface area contributed by atoms with E-state index in [4.69, 9.17) is 4.98 Å². The minimum atomic E-state index is 0.0943. The molecule has 0 spiro atoms. The van der Waals surface area contributed by atoms with E-state index in [1.807, 2.05) is 11.3 Å². The van der Waals surface area contributed by atoms with Crippen molar-refractivity contribution in [2.24, 2.45) is 5.92 Å². The summed E-state index contributed by atoms with van der Waals surface area (Å²) in [7, 11) is 0. The molecule has 1 heterocycles. The predicted octanol–water partition coefficient (Wildman–Crippen LogP) is 3.64. The van der Waals surface area contributed by atoms with Crippen LogP contribution in [0, 0.1) is 12.8 Å². The first-order valence-electron chi connectivity index (χ1n) is 6.71. The lowest BCUT2D eigenvalue weighted by Crippen LogP contribution is -2.45. The van der Waals surface area contributed by atoms with Gasteiger partial charge in [-0.2, -0.15) is 0 Å². The number of thiazole rings is 1. The van der Waals surface area contributed by atoms with E-state index in [1.165, 1.54) is 28.4 Å². The molecule has 3 heteroatoms. The van der Waals surface area contributed by atoms with Gasteiger partial charge in [0.05, 0.1) is 11.2 Å². The first-order chi connectivity index (χ1) is 7.97. The quantitative estimate of drug-likeness (QED) is 0.865. The van der Waals surface area contributed by atoms with E-state index in [0.29, 0.717) is 6.04 Å². The van der Waals surface area contributed by atoms with Gasteiger partial charge in [-0.25, -0.2) is 4.98 Å². The summed E-state index contributed by atoms with van der Waals surface area (Å²) in [4.78, 5) is 6.26. The Bertz CT molecular complexity index is 393. The van der Waals surface area contributed by atoms with Crippen LogP contribution >= 0.6 is 11.3 Å². The van der Waals surface area contributed by atoms with Gasteiger partial charge in [-0.3, -0.25) is 0 Å². The Hall–Kier alpha value is -0.410. The highest BCUT2D eigenvalue weighted by molar-refractivity contribution is 7.11. The normalized spacial score (nSPS) is 19.6. The minimum Gasteiger partial charge on any atom is -0.303 e. The number of nitrogens with one attached hydrogen (secondary N) is 1. The highest BCUT2D eigenvalue weighted by Crippen LogP contribution is 2.47. The van der Waals surface area contributed by atoms with Crippen molar-refractivity contribution in [2.75, 3.05) is 0 Å². The average molecular weight is 252 g/mol. The molecule has 1 unspecified atom stereocenters. The standard InChI is InChI=1S/C14H24N2S/c1-6-12-10(4)17-13(15-12)14(5,11-7-8-11)16-9(2)3/h9,11,16H,6-8H2,1-5H3. The van der Waals surface area contributed by atoms with E-state index in [0.717, 1.165) is 12.3 Å². The molecular formula is C14H24N2S. The zero-order valence-electron chi connectivity index (χ0n) is 11.6. The van der Waals surface area contributed by atoms with E-state index < -0.39 is 0 Å². The van der Waals surface area contributed by atoms with Crippen molar-refractivity contribution >= 4 is 11.3 Å². The van der Waals surface area contributed by atoms with Gasteiger partial charge in [0.1, 0.15) is 5.01 Å². The van der Waals surface area contributed by atoms with Gasteiger partial charge in [0.15, 0.2) is 0 Å². The molecule has 0 saturated heterocycles. The van der Waals surface area contributed by atoms with E-state index in [9.17, 15) is 0 Å². The zero-order chi connectivity index (χ0) is 12.6. The number of aromatic nitrogens is 1. The Morgan fingerprint density at radius 3 is 2.53 bits per heavy atom. The second kappa shape index (κ2) is 4.69. The molecule has 17 heavy (non-hydrogen) atoms. The molecule has 1 aliphatic carbocycles. The number of hydrogen-bond donors (Lipinski definition) is 1. The van der Waals surface area contributed by atoms with Crippen molar-refractivity contribution in [3.8, 4) is 0 Å². The maximum Gasteiger partial charge on any atom is 0.113 e. The van der Waals surface area contributed by atoms with Crippen LogP contribution < -0.4 is 5.32 Å². The lowest BCUT2D eigenvalue weighted by molar-refractivity contribution is 0.290. The molecule has 0 aliphatic heterocycles. The molecule has 1 fully saturated rings. The van der Waals surface area contributed by atoms with Gasteiger partial charge in [0, 0.05) is 10.9 Å². The third-order valence-corrected chi connectivity index (χ3v) is 4.90. The number of nitrogens with zero attached hydrogens (tertiary/aromatic N) is 1.